The molecule has 3 aromatic rings. The number of anilines is 1. The minimum Gasteiger partial charge on any atom is -0.489 e. The smallest absolute Gasteiger partial charge is 0.191 e. The van der Waals surface area contributed by atoms with E-state index in [1.54, 1.807) is 6.07 Å². The van der Waals surface area contributed by atoms with E-state index in [4.69, 9.17) is 33.3 Å². The van der Waals surface area contributed by atoms with Gasteiger partial charge in [-0.1, -0.05) is 41.9 Å². The van der Waals surface area contributed by atoms with Gasteiger partial charge in [0.15, 0.2) is 5.11 Å². The lowest BCUT2D eigenvalue weighted by Gasteiger charge is -2.33. The molecule has 0 amide bonds. The zero-order chi connectivity index (χ0) is 23.4. The number of halogens is 1. The Labute approximate surface area is 204 Å². The number of thiocarbonyl (C=S) groups is 1. The summed E-state index contributed by atoms with van der Waals surface area (Å²) in [6.45, 7) is 6.65. The average Bonchev–Trinajstić information content (AvgIpc) is 2.76. The van der Waals surface area contributed by atoms with Crippen LogP contribution in [0.25, 0.3) is 0 Å². The second-order valence-electron chi connectivity index (χ2n) is 8.55. The Bertz CT molecular complexity index is 1210. The fourth-order valence-corrected chi connectivity index (χ4v) is 3.98. The molecule has 170 valence electrons. The number of nitrogens with zero attached hydrogens (tertiary/aromatic N) is 1. The molecule has 0 radical (unpaired) electrons. The van der Waals surface area contributed by atoms with Crippen molar-refractivity contribution >= 4 is 40.3 Å². The van der Waals surface area contributed by atoms with Gasteiger partial charge in [-0.3, -0.25) is 5.43 Å². The van der Waals surface area contributed by atoms with Crippen molar-refractivity contribution in [3.8, 4) is 11.5 Å². The van der Waals surface area contributed by atoms with E-state index in [1.807, 2.05) is 62.4 Å². The highest BCUT2D eigenvalue weighted by Crippen LogP contribution is 2.35. The van der Waals surface area contributed by atoms with Crippen LogP contribution in [-0.2, 0) is 6.61 Å². The van der Waals surface area contributed by atoms with Crippen molar-refractivity contribution in [1.82, 2.24) is 5.43 Å². The maximum atomic E-state index is 6.17. The highest BCUT2D eigenvalue weighted by molar-refractivity contribution is 7.80. The van der Waals surface area contributed by atoms with Crippen LogP contribution in [0.4, 0.5) is 5.69 Å². The van der Waals surface area contributed by atoms with Gasteiger partial charge in [0.25, 0.3) is 0 Å². The number of nitrogens with one attached hydrogen (secondary N) is 2. The predicted octanol–water partition coefficient (Wildman–Crippen LogP) is 6.48. The van der Waals surface area contributed by atoms with Crippen molar-refractivity contribution in [2.45, 2.75) is 39.4 Å². The van der Waals surface area contributed by atoms with Gasteiger partial charge in [0.1, 0.15) is 23.7 Å². The summed E-state index contributed by atoms with van der Waals surface area (Å²) in [5.41, 5.74) is 7.44. The van der Waals surface area contributed by atoms with Crippen molar-refractivity contribution in [2.24, 2.45) is 5.10 Å². The number of benzene rings is 3. The summed E-state index contributed by atoms with van der Waals surface area (Å²) in [5, 5.41) is 8.71. The predicted molar refractivity (Wildman–Crippen MR) is 139 cm³/mol. The monoisotopic (exact) mass is 479 g/mol. The molecule has 1 heterocycles. The molecular formula is C26H26ClN3O2S. The van der Waals surface area contributed by atoms with Crippen molar-refractivity contribution in [1.29, 1.82) is 0 Å². The summed E-state index contributed by atoms with van der Waals surface area (Å²) in [4.78, 5) is 0. The topological polar surface area (TPSA) is 54.9 Å². The van der Waals surface area contributed by atoms with Gasteiger partial charge >= 0.3 is 0 Å². The van der Waals surface area contributed by atoms with E-state index < -0.39 is 0 Å². The van der Waals surface area contributed by atoms with Gasteiger partial charge in [0.05, 0.1) is 5.71 Å². The fourth-order valence-electron chi connectivity index (χ4n) is 3.62. The molecular weight excluding hydrogens is 454 g/mol. The molecule has 2 N–H and O–H groups in total. The number of ether oxygens (including phenoxy) is 2. The number of aryl methyl sites for hydroxylation is 1. The number of hydrogen-bond acceptors (Lipinski definition) is 4. The van der Waals surface area contributed by atoms with Crippen LogP contribution in [0.5, 0.6) is 11.5 Å². The zero-order valence-corrected chi connectivity index (χ0v) is 20.4. The van der Waals surface area contributed by atoms with Crippen LogP contribution in [0.3, 0.4) is 0 Å². The minimum atomic E-state index is -0.390. The molecule has 0 bridgehead atoms. The van der Waals surface area contributed by atoms with Crippen LogP contribution in [0, 0.1) is 6.92 Å². The highest BCUT2D eigenvalue weighted by atomic mass is 35.5. The Kier molecular flexibility index (Phi) is 6.86. The first kappa shape index (κ1) is 23.1. The van der Waals surface area contributed by atoms with E-state index in [9.17, 15) is 0 Å². The molecule has 0 unspecified atom stereocenters. The Balaban J connectivity index is 1.52. The summed E-state index contributed by atoms with van der Waals surface area (Å²) >= 11 is 11.5. The molecule has 5 nitrogen and oxygen atoms in total. The van der Waals surface area contributed by atoms with Crippen LogP contribution in [0.1, 0.15) is 37.0 Å². The molecule has 33 heavy (non-hydrogen) atoms. The lowest BCUT2D eigenvalue weighted by Crippen LogP contribution is -2.37. The summed E-state index contributed by atoms with van der Waals surface area (Å²) in [6.07, 6.45) is 0.619. The van der Waals surface area contributed by atoms with Crippen LogP contribution in [0.15, 0.2) is 71.8 Å². The molecule has 0 fully saturated rings. The number of fused-ring (bicyclic) bond motifs is 1. The number of rotatable bonds is 5. The van der Waals surface area contributed by atoms with Crippen LogP contribution in [0.2, 0.25) is 5.02 Å². The summed E-state index contributed by atoms with van der Waals surface area (Å²) < 4.78 is 12.2. The molecule has 0 atom stereocenters. The molecule has 1 aliphatic heterocycles. The van der Waals surface area contributed by atoms with Gasteiger partial charge in [-0.15, -0.1) is 0 Å². The maximum Gasteiger partial charge on any atom is 0.191 e. The largest absolute Gasteiger partial charge is 0.489 e. The van der Waals surface area contributed by atoms with E-state index in [0.717, 1.165) is 34.0 Å². The number of hydrazone groups is 1. The van der Waals surface area contributed by atoms with E-state index in [-0.39, 0.29) is 5.60 Å². The molecule has 4 rings (SSSR count). The van der Waals surface area contributed by atoms with Crippen LogP contribution in [-0.4, -0.2) is 16.4 Å². The summed E-state index contributed by atoms with van der Waals surface area (Å²) in [6, 6.07) is 21.4. The molecule has 7 heteroatoms. The van der Waals surface area contributed by atoms with E-state index in [1.165, 1.54) is 5.56 Å². The van der Waals surface area contributed by atoms with Gasteiger partial charge in [-0.2, -0.15) is 5.10 Å². The molecule has 0 aromatic heterocycles. The van der Waals surface area contributed by atoms with Crippen molar-refractivity contribution in [3.05, 3.63) is 88.4 Å². The third kappa shape index (κ3) is 6.03. The van der Waals surface area contributed by atoms with Crippen LogP contribution < -0.4 is 20.2 Å². The second kappa shape index (κ2) is 9.81. The quantitative estimate of drug-likeness (QED) is 0.324. The first-order valence-electron chi connectivity index (χ1n) is 10.7. The molecule has 3 aromatic carbocycles. The third-order valence-electron chi connectivity index (χ3n) is 5.27. The van der Waals surface area contributed by atoms with Gasteiger partial charge in [-0.05, 0) is 80.5 Å². The van der Waals surface area contributed by atoms with Gasteiger partial charge in [-0.25, -0.2) is 0 Å². The standard InChI is InChI=1S/C26H26ClN3O2S/c1-17-7-4-5-8-18(17)16-31-21-11-12-24-22(14-21)23(15-26(2,3)32-24)29-30-25(33)28-20-10-6-9-19(27)13-20/h4-14H,15-16H2,1-3H3,(H2,28,30,33)/b29-23+. The first-order valence-corrected chi connectivity index (χ1v) is 11.5. The molecule has 0 saturated carbocycles. The van der Waals surface area contributed by atoms with Crippen molar-refractivity contribution in [3.63, 3.8) is 0 Å². The first-order chi connectivity index (χ1) is 15.8. The SMILES string of the molecule is Cc1ccccc1COc1ccc2c(c1)/C(=N/NC(=S)Nc1cccc(Cl)c1)CC(C)(C)O2. The van der Waals surface area contributed by atoms with Gasteiger partial charge < -0.3 is 14.8 Å². The maximum absolute atomic E-state index is 6.17. The fraction of sp³-hybridized carbons (Fsp3) is 0.231. The second-order valence-corrected chi connectivity index (χ2v) is 9.39. The Morgan fingerprint density at radius 1 is 1.12 bits per heavy atom. The van der Waals surface area contributed by atoms with Gasteiger partial charge in [0.2, 0.25) is 0 Å². The van der Waals surface area contributed by atoms with E-state index in [2.05, 4.69) is 34.9 Å². The Morgan fingerprint density at radius 3 is 2.73 bits per heavy atom. The Morgan fingerprint density at radius 2 is 1.94 bits per heavy atom. The van der Waals surface area contributed by atoms with Crippen molar-refractivity contribution < 1.29 is 9.47 Å². The zero-order valence-electron chi connectivity index (χ0n) is 18.8. The van der Waals surface area contributed by atoms with Crippen LogP contribution >= 0.6 is 23.8 Å². The lowest BCUT2D eigenvalue weighted by molar-refractivity contribution is 0.111. The van der Waals surface area contributed by atoms with Crippen molar-refractivity contribution in [2.75, 3.05) is 5.32 Å². The van der Waals surface area contributed by atoms with Gasteiger partial charge in [0, 0.05) is 22.7 Å². The average molecular weight is 480 g/mol. The van der Waals surface area contributed by atoms with E-state index in [0.29, 0.717) is 23.2 Å². The molecule has 0 saturated heterocycles. The highest BCUT2D eigenvalue weighted by Gasteiger charge is 2.31. The number of hydrogen-bond donors (Lipinski definition) is 2. The molecule has 0 spiro atoms. The normalized spacial score (nSPS) is 15.3. The lowest BCUT2D eigenvalue weighted by atomic mass is 9.92. The molecule has 1 aliphatic rings. The summed E-state index contributed by atoms with van der Waals surface area (Å²) in [5.74, 6) is 1.52. The minimum absolute atomic E-state index is 0.377. The Hall–Kier alpha value is -3.09. The third-order valence-corrected chi connectivity index (χ3v) is 5.70. The summed E-state index contributed by atoms with van der Waals surface area (Å²) in [7, 11) is 0. The molecule has 0 aliphatic carbocycles. The van der Waals surface area contributed by atoms with E-state index >= 15 is 0 Å².